The lowest BCUT2D eigenvalue weighted by molar-refractivity contribution is 0.102. The molecular formula is C29H24N4O2S. The molecule has 0 aliphatic carbocycles. The summed E-state index contributed by atoms with van der Waals surface area (Å²) in [4.78, 5) is 19.3. The molecule has 5 aromatic rings. The normalized spacial score (nSPS) is 11.2. The molecule has 0 fully saturated rings. The van der Waals surface area contributed by atoms with Crippen molar-refractivity contribution in [2.45, 2.75) is 16.7 Å². The van der Waals surface area contributed by atoms with Crippen molar-refractivity contribution in [2.75, 3.05) is 12.4 Å². The first kappa shape index (κ1) is 23.4. The Kier molecular flexibility index (Phi) is 6.82. The van der Waals surface area contributed by atoms with E-state index in [1.807, 2.05) is 97.9 Å². The number of benzene rings is 3. The zero-order chi connectivity index (χ0) is 24.9. The average molecular weight is 493 g/mol. The first-order valence-electron chi connectivity index (χ1n) is 11.4. The van der Waals surface area contributed by atoms with Crippen LogP contribution in [-0.2, 0) is 0 Å². The third-order valence-electron chi connectivity index (χ3n) is 5.70. The highest BCUT2D eigenvalue weighted by Gasteiger charge is 2.14. The number of aromatic nitrogens is 3. The van der Waals surface area contributed by atoms with Crippen LogP contribution < -0.4 is 10.1 Å². The minimum absolute atomic E-state index is 0.157. The van der Waals surface area contributed by atoms with Crippen molar-refractivity contribution in [2.24, 2.45) is 0 Å². The predicted molar refractivity (Wildman–Crippen MR) is 146 cm³/mol. The standard InChI is InChI=1S/C29H24N4O2S/c1-19-17-21(35-2)11-15-25(19)31-29(34)24-8-3-4-9-28(24)36-22-12-13-23-26(32-33-27(23)18-22)14-10-20-7-5-6-16-30-20/h3-18H,1-2H3,(H,31,34)(H,32,33)/b14-10+. The number of H-pyrrole nitrogens is 1. The molecule has 0 saturated heterocycles. The van der Waals surface area contributed by atoms with Crippen LogP contribution in [0.3, 0.4) is 0 Å². The number of aryl methyl sites for hydroxylation is 1. The van der Waals surface area contributed by atoms with Gasteiger partial charge in [0.15, 0.2) is 0 Å². The van der Waals surface area contributed by atoms with E-state index in [0.717, 1.165) is 49.1 Å². The Morgan fingerprint density at radius 1 is 1.00 bits per heavy atom. The van der Waals surface area contributed by atoms with Gasteiger partial charge in [-0.05, 0) is 85.3 Å². The molecule has 2 N–H and O–H groups in total. The molecule has 0 bridgehead atoms. The van der Waals surface area contributed by atoms with Crippen LogP contribution in [0.5, 0.6) is 5.75 Å². The SMILES string of the molecule is COc1ccc(NC(=O)c2ccccc2Sc2ccc3c(/C=C/c4ccccn4)n[nH]c3c2)c(C)c1. The van der Waals surface area contributed by atoms with Crippen LogP contribution in [-0.4, -0.2) is 28.2 Å². The van der Waals surface area contributed by atoms with Gasteiger partial charge >= 0.3 is 0 Å². The molecule has 0 spiro atoms. The van der Waals surface area contributed by atoms with E-state index in [4.69, 9.17) is 4.74 Å². The molecule has 0 aliphatic rings. The quantitative estimate of drug-likeness (QED) is 0.260. The zero-order valence-corrected chi connectivity index (χ0v) is 20.7. The number of aromatic amines is 1. The smallest absolute Gasteiger partial charge is 0.256 e. The molecule has 6 nitrogen and oxygen atoms in total. The molecule has 0 radical (unpaired) electrons. The second-order valence-corrected chi connectivity index (χ2v) is 9.25. The Balaban J connectivity index is 1.35. The minimum atomic E-state index is -0.157. The fourth-order valence-corrected chi connectivity index (χ4v) is 4.80. The lowest BCUT2D eigenvalue weighted by Gasteiger charge is -2.12. The van der Waals surface area contributed by atoms with E-state index < -0.39 is 0 Å². The van der Waals surface area contributed by atoms with Gasteiger partial charge in [-0.25, -0.2) is 0 Å². The van der Waals surface area contributed by atoms with Crippen LogP contribution in [0.25, 0.3) is 23.1 Å². The molecule has 0 unspecified atom stereocenters. The maximum absolute atomic E-state index is 13.2. The summed E-state index contributed by atoms with van der Waals surface area (Å²) in [7, 11) is 1.63. The van der Waals surface area contributed by atoms with Crippen molar-refractivity contribution in [1.29, 1.82) is 0 Å². The predicted octanol–water partition coefficient (Wildman–Crippen LogP) is 6.85. The fourth-order valence-electron chi connectivity index (χ4n) is 3.81. The van der Waals surface area contributed by atoms with Crippen LogP contribution in [0, 0.1) is 6.92 Å². The van der Waals surface area contributed by atoms with Crippen LogP contribution >= 0.6 is 11.8 Å². The summed E-state index contributed by atoms with van der Waals surface area (Å²) in [5.74, 6) is 0.599. The summed E-state index contributed by atoms with van der Waals surface area (Å²) in [6.45, 7) is 1.94. The molecule has 2 aromatic heterocycles. The van der Waals surface area contributed by atoms with Gasteiger partial charge in [-0.15, -0.1) is 0 Å². The molecule has 2 heterocycles. The first-order chi connectivity index (χ1) is 17.6. The number of nitrogens with one attached hydrogen (secondary N) is 2. The van der Waals surface area contributed by atoms with Crippen LogP contribution in [0.4, 0.5) is 5.69 Å². The largest absolute Gasteiger partial charge is 0.497 e. The number of nitrogens with zero attached hydrogens (tertiary/aromatic N) is 2. The number of hydrogen-bond donors (Lipinski definition) is 2. The Hall–Kier alpha value is -4.36. The number of amides is 1. The number of carbonyl (C=O) groups is 1. The summed E-state index contributed by atoms with van der Waals surface area (Å²) >= 11 is 1.54. The van der Waals surface area contributed by atoms with E-state index in [-0.39, 0.29) is 5.91 Å². The van der Waals surface area contributed by atoms with Gasteiger partial charge in [-0.3, -0.25) is 14.9 Å². The number of methoxy groups -OCH3 is 1. The highest BCUT2D eigenvalue weighted by molar-refractivity contribution is 7.99. The Labute approximate surface area is 213 Å². The van der Waals surface area contributed by atoms with Crippen molar-refractivity contribution in [3.05, 3.63) is 108 Å². The van der Waals surface area contributed by atoms with Crippen LogP contribution in [0.2, 0.25) is 0 Å². The van der Waals surface area contributed by atoms with Gasteiger partial charge in [-0.1, -0.05) is 30.0 Å². The van der Waals surface area contributed by atoms with E-state index in [0.29, 0.717) is 5.56 Å². The Morgan fingerprint density at radius 3 is 2.67 bits per heavy atom. The number of carbonyl (C=O) groups excluding carboxylic acids is 1. The molecule has 36 heavy (non-hydrogen) atoms. The zero-order valence-electron chi connectivity index (χ0n) is 19.9. The van der Waals surface area contributed by atoms with Gasteiger partial charge in [0, 0.05) is 27.1 Å². The number of anilines is 1. The molecule has 5 rings (SSSR count). The average Bonchev–Trinajstić information content (AvgIpc) is 3.31. The summed E-state index contributed by atoms with van der Waals surface area (Å²) in [6.07, 6.45) is 5.66. The number of hydrogen-bond acceptors (Lipinski definition) is 5. The number of rotatable bonds is 7. The Bertz CT molecular complexity index is 1560. The van der Waals surface area contributed by atoms with E-state index in [1.54, 1.807) is 25.1 Å². The van der Waals surface area contributed by atoms with Crippen molar-refractivity contribution in [3.8, 4) is 5.75 Å². The molecular weight excluding hydrogens is 468 g/mol. The maximum Gasteiger partial charge on any atom is 0.256 e. The first-order valence-corrected chi connectivity index (χ1v) is 12.2. The van der Waals surface area contributed by atoms with Crippen molar-refractivity contribution >= 4 is 46.4 Å². The second-order valence-electron chi connectivity index (χ2n) is 8.14. The van der Waals surface area contributed by atoms with E-state index >= 15 is 0 Å². The van der Waals surface area contributed by atoms with Gasteiger partial charge in [0.25, 0.3) is 5.91 Å². The fraction of sp³-hybridized carbons (Fsp3) is 0.0690. The number of pyridine rings is 1. The molecule has 3 aromatic carbocycles. The van der Waals surface area contributed by atoms with Gasteiger partial charge in [-0.2, -0.15) is 5.10 Å². The lowest BCUT2D eigenvalue weighted by Crippen LogP contribution is -2.13. The van der Waals surface area contributed by atoms with Gasteiger partial charge < -0.3 is 10.1 Å². The monoisotopic (exact) mass is 492 g/mol. The maximum atomic E-state index is 13.2. The van der Waals surface area contributed by atoms with Crippen molar-refractivity contribution in [1.82, 2.24) is 15.2 Å². The van der Waals surface area contributed by atoms with E-state index in [1.165, 1.54) is 0 Å². The molecule has 0 saturated carbocycles. The van der Waals surface area contributed by atoms with Crippen molar-refractivity contribution in [3.63, 3.8) is 0 Å². The highest BCUT2D eigenvalue weighted by Crippen LogP contribution is 2.33. The van der Waals surface area contributed by atoms with E-state index in [9.17, 15) is 4.79 Å². The second kappa shape index (κ2) is 10.5. The summed E-state index contributed by atoms with van der Waals surface area (Å²) in [5.41, 5.74) is 4.96. The number of fused-ring (bicyclic) bond motifs is 1. The van der Waals surface area contributed by atoms with E-state index in [2.05, 4.69) is 20.5 Å². The van der Waals surface area contributed by atoms with Crippen molar-refractivity contribution < 1.29 is 9.53 Å². The summed E-state index contributed by atoms with van der Waals surface area (Å²) < 4.78 is 5.26. The molecule has 0 aliphatic heterocycles. The molecule has 7 heteroatoms. The minimum Gasteiger partial charge on any atom is -0.497 e. The van der Waals surface area contributed by atoms with Gasteiger partial charge in [0.05, 0.1) is 29.6 Å². The third-order valence-corrected chi connectivity index (χ3v) is 6.77. The molecule has 1 amide bonds. The summed E-state index contributed by atoms with van der Waals surface area (Å²) in [5, 5.41) is 11.6. The lowest BCUT2D eigenvalue weighted by atomic mass is 10.1. The highest BCUT2D eigenvalue weighted by atomic mass is 32.2. The van der Waals surface area contributed by atoms with Gasteiger partial charge in [0.1, 0.15) is 5.75 Å². The van der Waals surface area contributed by atoms with Crippen LogP contribution in [0.15, 0.2) is 94.9 Å². The topological polar surface area (TPSA) is 79.9 Å². The Morgan fingerprint density at radius 2 is 1.86 bits per heavy atom. The molecule has 178 valence electrons. The molecule has 0 atom stereocenters. The van der Waals surface area contributed by atoms with Crippen LogP contribution in [0.1, 0.15) is 27.3 Å². The van der Waals surface area contributed by atoms with Gasteiger partial charge in [0.2, 0.25) is 0 Å². The number of ether oxygens (including phenoxy) is 1. The summed E-state index contributed by atoms with van der Waals surface area (Å²) in [6, 6.07) is 25.1. The third kappa shape index (κ3) is 5.16.